The summed E-state index contributed by atoms with van der Waals surface area (Å²) in [6.07, 6.45) is 3.25. The number of ether oxygens (including phenoxy) is 2. The summed E-state index contributed by atoms with van der Waals surface area (Å²) in [6, 6.07) is 9.01. The van der Waals surface area contributed by atoms with Crippen molar-refractivity contribution in [2.75, 3.05) is 14.2 Å². The minimum atomic E-state index is -0.221. The Hall–Kier alpha value is -2.80. The van der Waals surface area contributed by atoms with Crippen molar-refractivity contribution < 1.29 is 18.7 Å². The highest BCUT2D eigenvalue weighted by molar-refractivity contribution is 7.80. The lowest BCUT2D eigenvalue weighted by Gasteiger charge is -2.11. The van der Waals surface area contributed by atoms with Gasteiger partial charge in [-0.3, -0.25) is 9.69 Å². The Labute approximate surface area is 144 Å². The third-order valence-electron chi connectivity index (χ3n) is 3.59. The van der Waals surface area contributed by atoms with E-state index >= 15 is 0 Å². The molecule has 1 amide bonds. The average molecular weight is 344 g/mol. The first kappa shape index (κ1) is 16.1. The summed E-state index contributed by atoms with van der Waals surface area (Å²) < 4.78 is 15.9. The van der Waals surface area contributed by atoms with E-state index < -0.39 is 0 Å². The number of hydrogen-bond donors (Lipinski definition) is 1. The predicted molar refractivity (Wildman–Crippen MR) is 92.5 cm³/mol. The first-order valence-corrected chi connectivity index (χ1v) is 7.62. The first-order chi connectivity index (χ1) is 11.6. The second kappa shape index (κ2) is 6.76. The Morgan fingerprint density at radius 2 is 2.08 bits per heavy atom. The molecule has 1 N–H and O–H groups in total. The molecule has 0 radical (unpaired) electrons. The summed E-state index contributed by atoms with van der Waals surface area (Å²) in [4.78, 5) is 14.0. The molecular formula is C17H16N2O4S. The molecule has 1 aromatic carbocycles. The van der Waals surface area contributed by atoms with E-state index in [2.05, 4.69) is 5.32 Å². The van der Waals surface area contributed by atoms with Gasteiger partial charge in [-0.15, -0.1) is 0 Å². The van der Waals surface area contributed by atoms with Gasteiger partial charge in [0.15, 0.2) is 16.6 Å². The van der Waals surface area contributed by atoms with Gasteiger partial charge in [-0.05, 0) is 36.5 Å². The van der Waals surface area contributed by atoms with Gasteiger partial charge < -0.3 is 19.2 Å². The number of carbonyl (C=O) groups is 1. The lowest BCUT2D eigenvalue weighted by Crippen LogP contribution is -2.29. The molecule has 0 atom stereocenters. The number of rotatable bonds is 5. The number of para-hydroxylation sites is 1. The number of nitrogens with zero attached hydrogens (tertiary/aromatic N) is 1. The lowest BCUT2D eigenvalue weighted by atomic mass is 10.1. The van der Waals surface area contributed by atoms with Crippen LogP contribution in [0.4, 0.5) is 0 Å². The SMILES string of the molecule is COc1cccc(C=C2NC(=S)N(Cc3ccco3)C2=O)c1OC. The summed E-state index contributed by atoms with van der Waals surface area (Å²) >= 11 is 5.25. The molecule has 0 aliphatic carbocycles. The molecule has 1 fully saturated rings. The molecule has 1 aliphatic heterocycles. The van der Waals surface area contributed by atoms with Crippen LogP contribution in [0.5, 0.6) is 11.5 Å². The molecule has 7 heteroatoms. The predicted octanol–water partition coefficient (Wildman–Crippen LogP) is 2.55. The van der Waals surface area contributed by atoms with Crippen LogP contribution in [0.2, 0.25) is 0 Å². The number of thiocarbonyl (C=S) groups is 1. The van der Waals surface area contributed by atoms with E-state index in [-0.39, 0.29) is 12.5 Å². The molecule has 2 heterocycles. The van der Waals surface area contributed by atoms with Crippen LogP contribution in [0.3, 0.4) is 0 Å². The number of nitrogens with one attached hydrogen (secondary N) is 1. The van der Waals surface area contributed by atoms with Crippen molar-refractivity contribution >= 4 is 29.3 Å². The second-order valence-corrected chi connectivity index (χ2v) is 5.43. The van der Waals surface area contributed by atoms with Gasteiger partial charge in [0.25, 0.3) is 5.91 Å². The fraction of sp³-hybridized carbons (Fsp3) is 0.176. The van der Waals surface area contributed by atoms with Crippen molar-refractivity contribution in [3.05, 3.63) is 53.6 Å². The summed E-state index contributed by atoms with van der Waals surface area (Å²) in [5, 5.41) is 3.27. The quantitative estimate of drug-likeness (QED) is 0.664. The lowest BCUT2D eigenvalue weighted by molar-refractivity contribution is -0.122. The zero-order valence-electron chi connectivity index (χ0n) is 13.2. The van der Waals surface area contributed by atoms with E-state index in [1.165, 1.54) is 4.90 Å². The second-order valence-electron chi connectivity index (χ2n) is 5.04. The Morgan fingerprint density at radius 1 is 1.25 bits per heavy atom. The van der Waals surface area contributed by atoms with Crippen molar-refractivity contribution in [3.63, 3.8) is 0 Å². The summed E-state index contributed by atoms with van der Waals surface area (Å²) in [7, 11) is 3.12. The van der Waals surface area contributed by atoms with E-state index in [1.54, 1.807) is 44.8 Å². The van der Waals surface area contributed by atoms with Crippen molar-refractivity contribution in [2.45, 2.75) is 6.54 Å². The number of carbonyl (C=O) groups excluding carboxylic acids is 1. The van der Waals surface area contributed by atoms with Gasteiger partial charge in [-0.2, -0.15) is 0 Å². The summed E-state index contributed by atoms with van der Waals surface area (Å²) in [6.45, 7) is 0.282. The maximum atomic E-state index is 12.6. The molecular weight excluding hydrogens is 328 g/mol. The number of hydrogen-bond acceptors (Lipinski definition) is 5. The smallest absolute Gasteiger partial charge is 0.276 e. The van der Waals surface area contributed by atoms with Crippen LogP contribution in [0.25, 0.3) is 6.08 Å². The van der Waals surface area contributed by atoms with E-state index in [0.717, 1.165) is 5.56 Å². The van der Waals surface area contributed by atoms with E-state index in [9.17, 15) is 4.79 Å². The summed E-state index contributed by atoms with van der Waals surface area (Å²) in [5.74, 6) is 1.58. The van der Waals surface area contributed by atoms with Gasteiger partial charge >= 0.3 is 0 Å². The largest absolute Gasteiger partial charge is 0.493 e. The molecule has 0 saturated carbocycles. The van der Waals surface area contributed by atoms with Crippen molar-refractivity contribution in [1.82, 2.24) is 10.2 Å². The fourth-order valence-electron chi connectivity index (χ4n) is 2.45. The Morgan fingerprint density at radius 3 is 2.75 bits per heavy atom. The van der Waals surface area contributed by atoms with Crippen molar-refractivity contribution in [1.29, 1.82) is 0 Å². The van der Waals surface area contributed by atoms with Crippen LogP contribution in [-0.2, 0) is 11.3 Å². The molecule has 1 saturated heterocycles. The number of benzene rings is 1. The van der Waals surface area contributed by atoms with Crippen LogP contribution >= 0.6 is 12.2 Å². The van der Waals surface area contributed by atoms with Gasteiger partial charge in [0.05, 0.1) is 27.0 Å². The molecule has 3 rings (SSSR count). The fourth-order valence-corrected chi connectivity index (χ4v) is 2.71. The Kier molecular flexibility index (Phi) is 4.52. The van der Waals surface area contributed by atoms with Crippen LogP contribution in [0, 0.1) is 0 Å². The third kappa shape index (κ3) is 2.98. The summed E-state index contributed by atoms with van der Waals surface area (Å²) in [5.41, 5.74) is 1.09. The highest BCUT2D eigenvalue weighted by Crippen LogP contribution is 2.32. The number of amides is 1. The van der Waals surface area contributed by atoms with Crippen LogP contribution < -0.4 is 14.8 Å². The molecule has 6 nitrogen and oxygen atoms in total. The molecule has 1 aliphatic rings. The first-order valence-electron chi connectivity index (χ1n) is 7.22. The van der Waals surface area contributed by atoms with Crippen molar-refractivity contribution in [3.8, 4) is 11.5 Å². The van der Waals surface area contributed by atoms with Crippen molar-refractivity contribution in [2.24, 2.45) is 0 Å². The van der Waals surface area contributed by atoms with E-state index in [1.807, 2.05) is 12.1 Å². The van der Waals surface area contributed by atoms with Gasteiger partial charge in [0, 0.05) is 5.56 Å². The zero-order chi connectivity index (χ0) is 17.1. The Balaban J connectivity index is 1.89. The highest BCUT2D eigenvalue weighted by Gasteiger charge is 2.31. The minimum absolute atomic E-state index is 0.221. The van der Waals surface area contributed by atoms with Gasteiger partial charge in [0.1, 0.15) is 11.5 Å². The van der Waals surface area contributed by atoms with E-state index in [4.69, 9.17) is 26.1 Å². The maximum Gasteiger partial charge on any atom is 0.276 e. The van der Waals surface area contributed by atoms with Gasteiger partial charge in [0.2, 0.25) is 0 Å². The maximum absolute atomic E-state index is 12.6. The minimum Gasteiger partial charge on any atom is -0.493 e. The topological polar surface area (TPSA) is 63.9 Å². The third-order valence-corrected chi connectivity index (χ3v) is 3.91. The van der Waals surface area contributed by atoms with Gasteiger partial charge in [-0.25, -0.2) is 0 Å². The average Bonchev–Trinajstić information content (AvgIpc) is 3.19. The van der Waals surface area contributed by atoms with Crippen LogP contribution in [0.15, 0.2) is 46.7 Å². The number of furan rings is 1. The zero-order valence-corrected chi connectivity index (χ0v) is 14.1. The molecule has 0 bridgehead atoms. The van der Waals surface area contributed by atoms with Crippen LogP contribution in [0.1, 0.15) is 11.3 Å². The van der Waals surface area contributed by atoms with E-state index in [0.29, 0.717) is 28.1 Å². The highest BCUT2D eigenvalue weighted by atomic mass is 32.1. The number of methoxy groups -OCH3 is 2. The molecule has 0 spiro atoms. The standard InChI is InChI=1S/C17H16N2O4S/c1-21-14-7-3-5-11(15(14)22-2)9-13-16(20)19(17(24)18-13)10-12-6-4-8-23-12/h3-9H,10H2,1-2H3,(H,18,24). The molecule has 0 unspecified atom stereocenters. The molecule has 1 aromatic heterocycles. The van der Waals surface area contributed by atoms with Gasteiger partial charge in [-0.1, -0.05) is 12.1 Å². The Bertz CT molecular complexity index is 799. The normalized spacial score (nSPS) is 15.8. The van der Waals surface area contributed by atoms with Crippen LogP contribution in [-0.4, -0.2) is 30.1 Å². The molecule has 24 heavy (non-hydrogen) atoms. The monoisotopic (exact) mass is 344 g/mol. The molecule has 2 aromatic rings. The molecule has 124 valence electrons.